The van der Waals surface area contributed by atoms with Crippen LogP contribution in [0.5, 0.6) is 0 Å². The van der Waals surface area contributed by atoms with Gasteiger partial charge in [0.15, 0.2) is 0 Å². The summed E-state index contributed by atoms with van der Waals surface area (Å²) in [7, 11) is 0. The molecule has 4 rings (SSSR count). The maximum atomic E-state index is 12.6. The minimum atomic E-state index is -0.469. The Morgan fingerprint density at radius 2 is 2.11 bits per heavy atom. The molecular weight excluding hydrogens is 376 g/mol. The van der Waals surface area contributed by atoms with Gasteiger partial charge in [-0.2, -0.15) is 0 Å². The molecular formula is C20H20N4O3S. The molecule has 0 unspecified atom stereocenters. The van der Waals surface area contributed by atoms with E-state index in [2.05, 4.69) is 16.3 Å². The first-order valence-electron chi connectivity index (χ1n) is 9.24. The number of carbonyl (C=O) groups is 1. The number of fused-ring (bicyclic) bond motifs is 1. The molecule has 28 heavy (non-hydrogen) atoms. The maximum Gasteiger partial charge on any atom is 0.271 e. The fourth-order valence-electron chi connectivity index (χ4n) is 3.57. The average Bonchev–Trinajstić information content (AvgIpc) is 3.12. The second-order valence-electron chi connectivity index (χ2n) is 6.86. The number of carbonyl (C=O) groups excluding carboxylic acids is 1. The van der Waals surface area contributed by atoms with Crippen molar-refractivity contribution in [2.45, 2.75) is 25.3 Å². The zero-order valence-corrected chi connectivity index (χ0v) is 16.0. The molecule has 2 heterocycles. The number of nitro groups is 1. The van der Waals surface area contributed by atoms with E-state index in [0.717, 1.165) is 41.0 Å². The van der Waals surface area contributed by atoms with Gasteiger partial charge in [-0.1, -0.05) is 24.6 Å². The third-order valence-corrected chi connectivity index (χ3v) is 6.03. The van der Waals surface area contributed by atoms with Crippen molar-refractivity contribution < 1.29 is 9.72 Å². The molecule has 7 nitrogen and oxygen atoms in total. The van der Waals surface area contributed by atoms with Crippen LogP contribution in [0.2, 0.25) is 0 Å². The zero-order chi connectivity index (χ0) is 19.5. The van der Waals surface area contributed by atoms with E-state index < -0.39 is 4.92 Å². The van der Waals surface area contributed by atoms with Gasteiger partial charge < -0.3 is 5.32 Å². The largest absolute Gasteiger partial charge is 0.325 e. The first kappa shape index (κ1) is 18.5. The summed E-state index contributed by atoms with van der Waals surface area (Å²) in [5, 5.41) is 14.7. The predicted octanol–water partition coefficient (Wildman–Crippen LogP) is 4.37. The lowest BCUT2D eigenvalue weighted by Gasteiger charge is -2.33. The van der Waals surface area contributed by atoms with E-state index in [-0.39, 0.29) is 24.2 Å². The van der Waals surface area contributed by atoms with Crippen molar-refractivity contribution in [3.8, 4) is 0 Å². The quantitative estimate of drug-likeness (QED) is 0.511. The Morgan fingerprint density at radius 1 is 1.25 bits per heavy atom. The average molecular weight is 396 g/mol. The lowest BCUT2D eigenvalue weighted by molar-refractivity contribution is -0.384. The Balaban J connectivity index is 1.48. The highest BCUT2D eigenvalue weighted by Crippen LogP contribution is 2.35. The number of hydrogen-bond acceptors (Lipinski definition) is 6. The van der Waals surface area contributed by atoms with Crippen LogP contribution in [0, 0.1) is 10.1 Å². The van der Waals surface area contributed by atoms with E-state index in [9.17, 15) is 14.9 Å². The maximum absolute atomic E-state index is 12.6. The number of piperidine rings is 1. The third kappa shape index (κ3) is 4.02. The molecule has 1 aliphatic rings. The molecule has 1 aliphatic heterocycles. The monoisotopic (exact) mass is 396 g/mol. The van der Waals surface area contributed by atoms with Crippen LogP contribution in [0.3, 0.4) is 0 Å². The van der Waals surface area contributed by atoms with Crippen LogP contribution in [-0.2, 0) is 4.79 Å². The second-order valence-corrected chi connectivity index (χ2v) is 7.92. The van der Waals surface area contributed by atoms with Crippen molar-refractivity contribution in [2.75, 3.05) is 18.4 Å². The fraction of sp³-hybridized carbons (Fsp3) is 0.300. The van der Waals surface area contributed by atoms with Gasteiger partial charge in [-0.15, -0.1) is 11.3 Å². The van der Waals surface area contributed by atoms with Crippen molar-refractivity contribution in [1.29, 1.82) is 0 Å². The van der Waals surface area contributed by atoms with E-state index >= 15 is 0 Å². The first-order chi connectivity index (χ1) is 13.6. The van der Waals surface area contributed by atoms with Crippen molar-refractivity contribution in [2.24, 2.45) is 0 Å². The summed E-state index contributed by atoms with van der Waals surface area (Å²) in [6.07, 6.45) is 3.14. The SMILES string of the molecule is O=C(CN1CCCC[C@H]1c1nc2ccccc2s1)Nc1cccc([N+](=O)[O-])c1. The van der Waals surface area contributed by atoms with Gasteiger partial charge >= 0.3 is 0 Å². The van der Waals surface area contributed by atoms with E-state index in [1.807, 2.05) is 18.2 Å². The number of nitrogens with one attached hydrogen (secondary N) is 1. The number of aromatic nitrogens is 1. The molecule has 2 aromatic carbocycles. The zero-order valence-electron chi connectivity index (χ0n) is 15.2. The molecule has 1 N–H and O–H groups in total. The van der Waals surface area contributed by atoms with Gasteiger partial charge in [0, 0.05) is 17.8 Å². The van der Waals surface area contributed by atoms with Crippen LogP contribution in [0.25, 0.3) is 10.2 Å². The Morgan fingerprint density at radius 3 is 2.93 bits per heavy atom. The van der Waals surface area contributed by atoms with E-state index in [0.29, 0.717) is 5.69 Å². The highest BCUT2D eigenvalue weighted by Gasteiger charge is 2.28. The lowest BCUT2D eigenvalue weighted by atomic mass is 10.0. The molecule has 1 fully saturated rings. The van der Waals surface area contributed by atoms with E-state index in [1.165, 1.54) is 12.1 Å². The number of hydrogen-bond donors (Lipinski definition) is 1. The number of amides is 1. The van der Waals surface area contributed by atoms with Gasteiger partial charge in [0.05, 0.1) is 27.7 Å². The minimum Gasteiger partial charge on any atom is -0.325 e. The molecule has 3 aromatic rings. The Kier molecular flexibility index (Phi) is 5.31. The standard InChI is InChI=1S/C20H20N4O3S/c25-19(21-14-6-5-7-15(12-14)24(26)27)13-23-11-4-3-9-17(23)20-22-16-8-1-2-10-18(16)28-20/h1-2,5-8,10,12,17H,3-4,9,11,13H2,(H,21,25)/t17-/m0/s1. The smallest absolute Gasteiger partial charge is 0.271 e. The number of likely N-dealkylation sites (tertiary alicyclic amines) is 1. The summed E-state index contributed by atoms with van der Waals surface area (Å²) in [5.74, 6) is -0.173. The number of rotatable bonds is 5. The summed E-state index contributed by atoms with van der Waals surface area (Å²) < 4.78 is 1.16. The number of thiazole rings is 1. The van der Waals surface area contributed by atoms with Crippen molar-refractivity contribution in [1.82, 2.24) is 9.88 Å². The van der Waals surface area contributed by atoms with Gasteiger partial charge in [-0.25, -0.2) is 4.98 Å². The van der Waals surface area contributed by atoms with Crippen molar-refractivity contribution >= 4 is 38.8 Å². The summed E-state index contributed by atoms with van der Waals surface area (Å²) in [4.78, 5) is 30.0. The van der Waals surface area contributed by atoms with Gasteiger partial charge in [-0.05, 0) is 37.6 Å². The molecule has 1 saturated heterocycles. The molecule has 0 radical (unpaired) electrons. The molecule has 144 valence electrons. The van der Waals surface area contributed by atoms with Crippen LogP contribution >= 0.6 is 11.3 Å². The van der Waals surface area contributed by atoms with Crippen LogP contribution in [0.1, 0.15) is 30.3 Å². The number of nitro benzene ring substituents is 1. The molecule has 0 spiro atoms. The topological polar surface area (TPSA) is 88.4 Å². The predicted molar refractivity (Wildman–Crippen MR) is 110 cm³/mol. The highest BCUT2D eigenvalue weighted by molar-refractivity contribution is 7.18. The van der Waals surface area contributed by atoms with Gasteiger partial charge in [0.25, 0.3) is 5.69 Å². The summed E-state index contributed by atoms with van der Waals surface area (Å²) >= 11 is 1.68. The molecule has 1 aromatic heterocycles. The van der Waals surface area contributed by atoms with Crippen molar-refractivity contribution in [3.05, 3.63) is 63.7 Å². The Hall–Kier alpha value is -2.84. The van der Waals surface area contributed by atoms with Gasteiger partial charge in [0.2, 0.25) is 5.91 Å². The van der Waals surface area contributed by atoms with E-state index in [1.54, 1.807) is 23.5 Å². The fourth-order valence-corrected chi connectivity index (χ4v) is 4.71. The van der Waals surface area contributed by atoms with Crippen LogP contribution < -0.4 is 5.32 Å². The number of non-ortho nitro benzene ring substituents is 1. The van der Waals surface area contributed by atoms with Gasteiger partial charge in [-0.3, -0.25) is 19.8 Å². The second kappa shape index (κ2) is 8.04. The Bertz CT molecular complexity index is 986. The molecule has 1 amide bonds. The van der Waals surface area contributed by atoms with Gasteiger partial charge in [0.1, 0.15) is 5.01 Å². The number of anilines is 1. The number of benzene rings is 2. The molecule has 0 bridgehead atoms. The summed E-state index contributed by atoms with van der Waals surface area (Å²) in [5.41, 5.74) is 1.39. The third-order valence-electron chi connectivity index (χ3n) is 4.90. The summed E-state index contributed by atoms with van der Waals surface area (Å²) in [6.45, 7) is 1.08. The van der Waals surface area contributed by atoms with Crippen LogP contribution in [-0.4, -0.2) is 33.8 Å². The first-order valence-corrected chi connectivity index (χ1v) is 10.1. The molecule has 0 saturated carbocycles. The minimum absolute atomic E-state index is 0.0388. The molecule has 0 aliphatic carbocycles. The van der Waals surface area contributed by atoms with Crippen LogP contribution in [0.4, 0.5) is 11.4 Å². The number of para-hydroxylation sites is 1. The van der Waals surface area contributed by atoms with Crippen molar-refractivity contribution in [3.63, 3.8) is 0 Å². The highest BCUT2D eigenvalue weighted by atomic mass is 32.1. The number of nitrogens with zero attached hydrogens (tertiary/aromatic N) is 3. The lowest BCUT2D eigenvalue weighted by Crippen LogP contribution is -2.39. The molecule has 1 atom stereocenters. The Labute approximate surface area is 166 Å². The normalized spacial score (nSPS) is 17.5. The summed E-state index contributed by atoms with van der Waals surface area (Å²) in [6, 6.07) is 14.2. The molecule has 8 heteroatoms. The van der Waals surface area contributed by atoms with Crippen LogP contribution in [0.15, 0.2) is 48.5 Å². The van der Waals surface area contributed by atoms with E-state index in [4.69, 9.17) is 4.98 Å².